The maximum Gasteiger partial charge on any atom is 0.239 e. The number of carbonyl (C=O) groups excluding carboxylic acids is 1. The van der Waals surface area contributed by atoms with Crippen LogP contribution in [0.3, 0.4) is 0 Å². The second-order valence-electron chi connectivity index (χ2n) is 6.17. The zero-order chi connectivity index (χ0) is 15.9. The summed E-state index contributed by atoms with van der Waals surface area (Å²) >= 11 is 0. The number of carbonyl (C=O) groups is 1. The summed E-state index contributed by atoms with van der Waals surface area (Å²) in [5.41, 5.74) is 7.19. The van der Waals surface area contributed by atoms with Crippen molar-refractivity contribution in [3.05, 3.63) is 29.8 Å². The lowest BCUT2D eigenvalue weighted by atomic mass is 9.90. The smallest absolute Gasteiger partial charge is 0.239 e. The number of piperidine rings is 1. The lowest BCUT2D eigenvalue weighted by Gasteiger charge is -2.33. The Hall–Kier alpha value is -1.26. The minimum atomic E-state index is -0.323. The molecule has 0 bridgehead atoms. The van der Waals surface area contributed by atoms with Crippen LogP contribution in [-0.4, -0.2) is 37.0 Å². The normalized spacial score (nSPS) is 16.6. The molecule has 2 N–H and O–H groups in total. The highest BCUT2D eigenvalue weighted by molar-refractivity contribution is 5.85. The molecule has 0 spiro atoms. The molecule has 1 aromatic carbocycles. The van der Waals surface area contributed by atoms with Gasteiger partial charge in [0, 0.05) is 13.1 Å². The molecule has 1 atom stereocenters. The summed E-state index contributed by atoms with van der Waals surface area (Å²) in [6.45, 7) is 3.68. The zero-order valence-electron chi connectivity index (χ0n) is 14.2. The second-order valence-corrected chi connectivity index (χ2v) is 6.17. The third-order valence-corrected chi connectivity index (χ3v) is 4.68. The van der Waals surface area contributed by atoms with Crippen molar-refractivity contribution in [2.24, 2.45) is 11.7 Å². The van der Waals surface area contributed by atoms with Crippen molar-refractivity contribution in [2.75, 3.05) is 20.2 Å². The van der Waals surface area contributed by atoms with Gasteiger partial charge in [0.05, 0.1) is 13.2 Å². The minimum Gasteiger partial charge on any atom is -0.497 e. The predicted molar refractivity (Wildman–Crippen MR) is 96.1 cm³/mol. The molecule has 1 fully saturated rings. The van der Waals surface area contributed by atoms with Gasteiger partial charge in [-0.1, -0.05) is 19.1 Å². The summed E-state index contributed by atoms with van der Waals surface area (Å²) < 4.78 is 5.18. The molecule has 1 aromatic rings. The quantitative estimate of drug-likeness (QED) is 0.866. The van der Waals surface area contributed by atoms with E-state index in [0.29, 0.717) is 5.92 Å². The number of hydrogen-bond donors (Lipinski definition) is 1. The van der Waals surface area contributed by atoms with Crippen LogP contribution in [0.5, 0.6) is 5.75 Å². The first-order valence-corrected chi connectivity index (χ1v) is 8.31. The van der Waals surface area contributed by atoms with Crippen molar-refractivity contribution in [2.45, 2.75) is 45.1 Å². The highest BCUT2D eigenvalue weighted by Gasteiger charge is 2.25. The number of likely N-dealkylation sites (tertiary alicyclic amines) is 1. The van der Waals surface area contributed by atoms with Crippen LogP contribution in [0, 0.1) is 5.92 Å². The monoisotopic (exact) mass is 340 g/mol. The first-order chi connectivity index (χ1) is 10.6. The molecular formula is C18H29ClN2O2. The molecule has 4 nitrogen and oxygen atoms in total. The van der Waals surface area contributed by atoms with Crippen LogP contribution >= 0.6 is 12.4 Å². The van der Waals surface area contributed by atoms with Crippen molar-refractivity contribution >= 4 is 18.3 Å². The maximum absolute atomic E-state index is 12.1. The van der Waals surface area contributed by atoms with Crippen LogP contribution in [0.15, 0.2) is 24.3 Å². The summed E-state index contributed by atoms with van der Waals surface area (Å²) in [6, 6.07) is 7.98. The van der Waals surface area contributed by atoms with Gasteiger partial charge in [-0.3, -0.25) is 4.79 Å². The van der Waals surface area contributed by atoms with Crippen molar-refractivity contribution in [3.8, 4) is 5.75 Å². The van der Waals surface area contributed by atoms with Crippen LogP contribution in [0.25, 0.3) is 0 Å². The lowest BCUT2D eigenvalue weighted by molar-refractivity contribution is -0.134. The van der Waals surface area contributed by atoms with E-state index in [1.54, 1.807) is 7.11 Å². The van der Waals surface area contributed by atoms with Gasteiger partial charge in [0.2, 0.25) is 5.91 Å². The number of nitrogens with two attached hydrogens (primary N) is 1. The number of benzene rings is 1. The van der Waals surface area contributed by atoms with Gasteiger partial charge in [0.25, 0.3) is 0 Å². The van der Waals surface area contributed by atoms with Gasteiger partial charge < -0.3 is 15.4 Å². The SMILES string of the molecule is CC[C@H](N)C(=O)N1CCC(CCc2ccc(OC)cc2)CC1.Cl. The van der Waals surface area contributed by atoms with Crippen molar-refractivity contribution < 1.29 is 9.53 Å². The average molecular weight is 341 g/mol. The molecule has 0 aliphatic carbocycles. The molecule has 0 saturated carbocycles. The summed E-state index contributed by atoms with van der Waals surface area (Å²) in [6.07, 6.45) is 5.19. The Morgan fingerprint density at radius 2 is 1.91 bits per heavy atom. The van der Waals surface area contributed by atoms with Gasteiger partial charge >= 0.3 is 0 Å². The van der Waals surface area contributed by atoms with E-state index in [-0.39, 0.29) is 24.4 Å². The highest BCUT2D eigenvalue weighted by Crippen LogP contribution is 2.23. The topological polar surface area (TPSA) is 55.6 Å². The molecule has 130 valence electrons. The van der Waals surface area contributed by atoms with E-state index in [4.69, 9.17) is 10.5 Å². The van der Waals surface area contributed by atoms with Gasteiger partial charge in [-0.15, -0.1) is 12.4 Å². The summed E-state index contributed by atoms with van der Waals surface area (Å²) in [4.78, 5) is 14.0. The molecule has 0 radical (unpaired) electrons. The fraction of sp³-hybridized carbons (Fsp3) is 0.611. The summed E-state index contributed by atoms with van der Waals surface area (Å²) in [5, 5.41) is 0. The standard InChI is InChI=1S/C18H28N2O2.ClH/c1-3-17(19)18(21)20-12-10-15(11-13-20)5-4-14-6-8-16(22-2)9-7-14;/h6-9,15,17H,3-5,10-13,19H2,1-2H3;1H/t17-;/m0./s1. The maximum atomic E-state index is 12.1. The van der Waals surface area contributed by atoms with Crippen LogP contribution in [0.2, 0.25) is 0 Å². The fourth-order valence-electron chi connectivity index (χ4n) is 3.01. The first-order valence-electron chi connectivity index (χ1n) is 8.31. The van der Waals surface area contributed by atoms with E-state index in [9.17, 15) is 4.79 Å². The largest absolute Gasteiger partial charge is 0.497 e. The highest BCUT2D eigenvalue weighted by atomic mass is 35.5. The average Bonchev–Trinajstić information content (AvgIpc) is 2.59. The molecule has 1 amide bonds. The molecule has 1 saturated heterocycles. The van der Waals surface area contributed by atoms with Gasteiger partial charge in [-0.05, 0) is 55.7 Å². The Morgan fingerprint density at radius 3 is 2.43 bits per heavy atom. The van der Waals surface area contributed by atoms with Gasteiger partial charge in [0.15, 0.2) is 0 Å². The number of halogens is 1. The molecule has 0 aromatic heterocycles. The van der Waals surface area contributed by atoms with Gasteiger partial charge in [-0.2, -0.15) is 0 Å². The Labute approximate surface area is 145 Å². The number of hydrogen-bond acceptors (Lipinski definition) is 3. The lowest BCUT2D eigenvalue weighted by Crippen LogP contribution is -2.46. The fourth-order valence-corrected chi connectivity index (χ4v) is 3.01. The van der Waals surface area contributed by atoms with Crippen molar-refractivity contribution in [1.82, 2.24) is 4.90 Å². The number of amides is 1. The number of aryl methyl sites for hydroxylation is 1. The molecule has 2 rings (SSSR count). The molecule has 5 heteroatoms. The molecule has 1 heterocycles. The second kappa shape index (κ2) is 9.78. The van der Waals surface area contributed by atoms with Crippen LogP contribution in [0.1, 0.15) is 38.2 Å². The number of ether oxygens (including phenoxy) is 1. The van der Waals surface area contributed by atoms with E-state index in [0.717, 1.165) is 44.5 Å². The van der Waals surface area contributed by atoms with E-state index in [2.05, 4.69) is 12.1 Å². The summed E-state index contributed by atoms with van der Waals surface area (Å²) in [5.74, 6) is 1.74. The first kappa shape index (κ1) is 19.8. The van der Waals surface area contributed by atoms with Gasteiger partial charge in [-0.25, -0.2) is 0 Å². The third kappa shape index (κ3) is 5.70. The number of nitrogens with zero attached hydrogens (tertiary/aromatic N) is 1. The van der Waals surface area contributed by atoms with E-state index in [1.807, 2.05) is 24.0 Å². The van der Waals surface area contributed by atoms with Crippen LogP contribution in [-0.2, 0) is 11.2 Å². The minimum absolute atomic E-state index is 0. The number of rotatable bonds is 6. The van der Waals surface area contributed by atoms with E-state index < -0.39 is 0 Å². The third-order valence-electron chi connectivity index (χ3n) is 4.68. The Morgan fingerprint density at radius 1 is 1.30 bits per heavy atom. The van der Waals surface area contributed by atoms with E-state index in [1.165, 1.54) is 12.0 Å². The Balaban J connectivity index is 0.00000264. The van der Waals surface area contributed by atoms with Crippen molar-refractivity contribution in [1.29, 1.82) is 0 Å². The summed E-state index contributed by atoms with van der Waals surface area (Å²) in [7, 11) is 1.69. The predicted octanol–water partition coefficient (Wildman–Crippen LogP) is 3.03. The Bertz CT molecular complexity index is 470. The van der Waals surface area contributed by atoms with Gasteiger partial charge in [0.1, 0.15) is 5.75 Å². The number of methoxy groups -OCH3 is 1. The van der Waals surface area contributed by atoms with Crippen LogP contribution < -0.4 is 10.5 Å². The van der Waals surface area contributed by atoms with E-state index >= 15 is 0 Å². The molecule has 23 heavy (non-hydrogen) atoms. The molecule has 0 unspecified atom stereocenters. The molecule has 1 aliphatic rings. The van der Waals surface area contributed by atoms with Crippen molar-refractivity contribution in [3.63, 3.8) is 0 Å². The van der Waals surface area contributed by atoms with Crippen LogP contribution in [0.4, 0.5) is 0 Å². The zero-order valence-corrected chi connectivity index (χ0v) is 15.0. The molecule has 1 aliphatic heterocycles. The Kier molecular flexibility index (Phi) is 8.42. The molecular weight excluding hydrogens is 312 g/mol.